The first-order chi connectivity index (χ1) is 10.1. The summed E-state index contributed by atoms with van der Waals surface area (Å²) in [4.78, 5) is 25.7. The van der Waals surface area contributed by atoms with Gasteiger partial charge in [0.05, 0.1) is 5.52 Å². The Balaban J connectivity index is 1.72. The summed E-state index contributed by atoms with van der Waals surface area (Å²) < 4.78 is 5.85. The van der Waals surface area contributed by atoms with E-state index in [1.807, 2.05) is 12.1 Å². The SMILES string of the molecule is O=C(NCc1ccc2oc(=O)[nH]c2c1)c1ccc(Br)cc1. The zero-order valence-corrected chi connectivity index (χ0v) is 12.4. The smallest absolute Gasteiger partial charge is 0.408 e. The van der Waals surface area contributed by atoms with Gasteiger partial charge in [-0.3, -0.25) is 9.78 Å². The number of amides is 1. The molecule has 5 nitrogen and oxygen atoms in total. The van der Waals surface area contributed by atoms with Crippen molar-refractivity contribution in [3.8, 4) is 0 Å². The van der Waals surface area contributed by atoms with Gasteiger partial charge < -0.3 is 9.73 Å². The van der Waals surface area contributed by atoms with Crippen LogP contribution in [0.15, 0.2) is 56.1 Å². The molecule has 1 heterocycles. The standard InChI is InChI=1S/C15H11BrN2O3/c16-11-4-2-10(3-5-11)14(19)17-8-9-1-6-13-12(7-9)18-15(20)21-13/h1-7H,8H2,(H,17,19)(H,18,20). The second-order valence-electron chi connectivity index (χ2n) is 4.53. The third kappa shape index (κ3) is 3.05. The van der Waals surface area contributed by atoms with Crippen molar-refractivity contribution in [3.63, 3.8) is 0 Å². The highest BCUT2D eigenvalue weighted by Gasteiger charge is 2.06. The Morgan fingerprint density at radius 3 is 2.71 bits per heavy atom. The van der Waals surface area contributed by atoms with Crippen molar-refractivity contribution >= 4 is 32.9 Å². The summed E-state index contributed by atoms with van der Waals surface area (Å²) in [5.41, 5.74) is 2.60. The first-order valence-electron chi connectivity index (χ1n) is 6.27. The van der Waals surface area contributed by atoms with E-state index in [-0.39, 0.29) is 5.91 Å². The predicted octanol–water partition coefficient (Wildman–Crippen LogP) is 2.81. The van der Waals surface area contributed by atoms with Crippen molar-refractivity contribution in [2.75, 3.05) is 0 Å². The van der Waals surface area contributed by atoms with Crippen molar-refractivity contribution in [2.24, 2.45) is 0 Å². The number of oxazole rings is 1. The first kappa shape index (κ1) is 13.6. The normalized spacial score (nSPS) is 10.7. The van der Waals surface area contributed by atoms with Crippen molar-refractivity contribution in [3.05, 3.63) is 68.6 Å². The predicted molar refractivity (Wildman–Crippen MR) is 82.1 cm³/mol. The maximum atomic E-state index is 12.0. The van der Waals surface area contributed by atoms with Gasteiger partial charge in [-0.15, -0.1) is 0 Å². The number of aromatic nitrogens is 1. The molecule has 6 heteroatoms. The third-order valence-corrected chi connectivity index (χ3v) is 3.57. The molecule has 3 rings (SSSR count). The maximum Gasteiger partial charge on any atom is 0.417 e. The number of halogens is 1. The maximum absolute atomic E-state index is 12.0. The average molecular weight is 347 g/mol. The van der Waals surface area contributed by atoms with Gasteiger partial charge in [-0.2, -0.15) is 0 Å². The molecule has 21 heavy (non-hydrogen) atoms. The lowest BCUT2D eigenvalue weighted by atomic mass is 10.2. The van der Waals surface area contributed by atoms with E-state index in [4.69, 9.17) is 4.42 Å². The van der Waals surface area contributed by atoms with E-state index >= 15 is 0 Å². The number of fused-ring (bicyclic) bond motifs is 1. The molecule has 0 aliphatic heterocycles. The summed E-state index contributed by atoms with van der Waals surface area (Å²) >= 11 is 3.33. The molecule has 0 saturated heterocycles. The minimum Gasteiger partial charge on any atom is -0.408 e. The van der Waals surface area contributed by atoms with Gasteiger partial charge >= 0.3 is 5.76 Å². The molecule has 0 radical (unpaired) electrons. The lowest BCUT2D eigenvalue weighted by Crippen LogP contribution is -2.22. The molecule has 0 atom stereocenters. The van der Waals surface area contributed by atoms with Gasteiger partial charge in [0.2, 0.25) is 0 Å². The molecular weight excluding hydrogens is 336 g/mol. The molecule has 1 amide bonds. The first-order valence-corrected chi connectivity index (χ1v) is 7.06. The number of nitrogens with one attached hydrogen (secondary N) is 2. The van der Waals surface area contributed by atoms with E-state index in [9.17, 15) is 9.59 Å². The van der Waals surface area contributed by atoms with Crippen molar-refractivity contribution < 1.29 is 9.21 Å². The van der Waals surface area contributed by atoms with E-state index < -0.39 is 5.76 Å². The molecule has 2 aromatic carbocycles. The summed E-state index contributed by atoms with van der Waals surface area (Å²) in [6, 6.07) is 12.4. The second kappa shape index (κ2) is 5.57. The van der Waals surface area contributed by atoms with E-state index in [1.54, 1.807) is 30.3 Å². The minimum absolute atomic E-state index is 0.150. The summed E-state index contributed by atoms with van der Waals surface area (Å²) in [7, 11) is 0. The molecule has 0 aliphatic carbocycles. The molecule has 3 aromatic rings. The number of rotatable bonds is 3. The molecule has 0 spiro atoms. The van der Waals surface area contributed by atoms with E-state index in [2.05, 4.69) is 26.2 Å². The molecule has 0 bridgehead atoms. The quantitative estimate of drug-likeness (QED) is 0.765. The topological polar surface area (TPSA) is 75.1 Å². The van der Waals surface area contributed by atoms with Crippen LogP contribution in [0.3, 0.4) is 0 Å². The van der Waals surface area contributed by atoms with Crippen LogP contribution in [0.5, 0.6) is 0 Å². The molecular formula is C15H11BrN2O3. The van der Waals surface area contributed by atoms with Gasteiger partial charge in [-0.25, -0.2) is 4.79 Å². The molecule has 0 aliphatic rings. The van der Waals surface area contributed by atoms with Crippen LogP contribution in [0.25, 0.3) is 11.1 Å². The van der Waals surface area contributed by atoms with E-state index in [1.165, 1.54) is 0 Å². The van der Waals surface area contributed by atoms with Crippen LogP contribution in [0.2, 0.25) is 0 Å². The van der Waals surface area contributed by atoms with Crippen LogP contribution >= 0.6 is 15.9 Å². The Hall–Kier alpha value is -2.34. The second-order valence-corrected chi connectivity index (χ2v) is 5.45. The largest absolute Gasteiger partial charge is 0.417 e. The Morgan fingerprint density at radius 2 is 1.95 bits per heavy atom. The van der Waals surface area contributed by atoms with Gasteiger partial charge in [0.15, 0.2) is 5.58 Å². The third-order valence-electron chi connectivity index (χ3n) is 3.04. The Kier molecular flexibility index (Phi) is 3.62. The molecule has 0 unspecified atom stereocenters. The van der Waals surface area contributed by atoms with Gasteiger partial charge in [-0.05, 0) is 42.0 Å². The van der Waals surface area contributed by atoms with Gasteiger partial charge in [0, 0.05) is 16.6 Å². The number of benzene rings is 2. The fraction of sp³-hybridized carbons (Fsp3) is 0.0667. The molecule has 0 saturated carbocycles. The van der Waals surface area contributed by atoms with Crippen LogP contribution in [-0.2, 0) is 6.54 Å². The number of aromatic amines is 1. The van der Waals surface area contributed by atoms with Gasteiger partial charge in [0.25, 0.3) is 5.91 Å². The average Bonchev–Trinajstić information content (AvgIpc) is 2.84. The Labute approximate surface area is 128 Å². The van der Waals surface area contributed by atoms with E-state index in [0.717, 1.165) is 10.0 Å². The van der Waals surface area contributed by atoms with Crippen LogP contribution in [0, 0.1) is 0 Å². The Morgan fingerprint density at radius 1 is 1.19 bits per heavy atom. The van der Waals surface area contributed by atoms with Crippen LogP contribution in [-0.4, -0.2) is 10.9 Å². The van der Waals surface area contributed by atoms with Crippen LogP contribution in [0.1, 0.15) is 15.9 Å². The summed E-state index contributed by atoms with van der Waals surface area (Å²) in [5.74, 6) is -0.635. The van der Waals surface area contributed by atoms with Gasteiger partial charge in [0.1, 0.15) is 0 Å². The number of hydrogen-bond donors (Lipinski definition) is 2. The zero-order chi connectivity index (χ0) is 14.8. The van der Waals surface area contributed by atoms with E-state index in [0.29, 0.717) is 23.2 Å². The minimum atomic E-state index is -0.485. The lowest BCUT2D eigenvalue weighted by Gasteiger charge is -2.05. The van der Waals surface area contributed by atoms with Crippen molar-refractivity contribution in [2.45, 2.75) is 6.54 Å². The van der Waals surface area contributed by atoms with Gasteiger partial charge in [-0.1, -0.05) is 22.0 Å². The molecule has 2 N–H and O–H groups in total. The number of hydrogen-bond acceptors (Lipinski definition) is 3. The molecule has 106 valence electrons. The zero-order valence-electron chi connectivity index (χ0n) is 10.9. The Bertz CT molecular complexity index is 849. The highest BCUT2D eigenvalue weighted by atomic mass is 79.9. The number of carbonyl (C=O) groups is 1. The summed E-state index contributed by atoms with van der Waals surface area (Å²) in [5, 5.41) is 2.83. The monoisotopic (exact) mass is 346 g/mol. The summed E-state index contributed by atoms with van der Waals surface area (Å²) in [6.45, 7) is 0.373. The summed E-state index contributed by atoms with van der Waals surface area (Å²) in [6.07, 6.45) is 0. The lowest BCUT2D eigenvalue weighted by molar-refractivity contribution is 0.0951. The number of H-pyrrole nitrogens is 1. The van der Waals surface area contributed by atoms with Crippen molar-refractivity contribution in [1.82, 2.24) is 10.3 Å². The number of carbonyl (C=O) groups excluding carboxylic acids is 1. The van der Waals surface area contributed by atoms with Crippen LogP contribution in [0.4, 0.5) is 0 Å². The highest BCUT2D eigenvalue weighted by Crippen LogP contribution is 2.13. The van der Waals surface area contributed by atoms with Crippen molar-refractivity contribution in [1.29, 1.82) is 0 Å². The highest BCUT2D eigenvalue weighted by molar-refractivity contribution is 9.10. The fourth-order valence-electron chi connectivity index (χ4n) is 1.99. The van der Waals surface area contributed by atoms with Crippen LogP contribution < -0.4 is 11.1 Å². The molecule has 1 aromatic heterocycles. The fourth-order valence-corrected chi connectivity index (χ4v) is 2.26. The molecule has 0 fully saturated rings.